The molecule has 0 aromatic carbocycles. The summed E-state index contributed by atoms with van der Waals surface area (Å²) in [4.78, 5) is 0. The molecule has 0 saturated heterocycles. The van der Waals surface area contributed by atoms with Crippen LogP contribution in [-0.2, 0) is 0 Å². The number of allylic oxidation sites excluding steroid dienone is 2. The second kappa shape index (κ2) is 0.868. The van der Waals surface area contributed by atoms with Gasteiger partial charge in [-0.15, -0.1) is 0 Å². The largest absolute Gasteiger partial charge is 0.0623 e. The van der Waals surface area contributed by atoms with Crippen molar-refractivity contribution in [3.05, 3.63) is 17.1 Å². The van der Waals surface area contributed by atoms with Crippen LogP contribution in [0.2, 0.25) is 0 Å². The van der Waals surface area contributed by atoms with Gasteiger partial charge in [0, 0.05) is 5.92 Å². The Bertz CT molecular complexity index is 86.6. The van der Waals surface area contributed by atoms with Gasteiger partial charge in [-0.3, -0.25) is 0 Å². The Morgan fingerprint density at radius 3 is 1.00 bits per heavy atom. The third-order valence-electron chi connectivity index (χ3n) is 1.62. The van der Waals surface area contributed by atoms with Gasteiger partial charge >= 0.3 is 0 Å². The van der Waals surface area contributed by atoms with E-state index in [4.69, 9.17) is 0 Å². The first-order valence-electron chi connectivity index (χ1n) is 2.25. The van der Waals surface area contributed by atoms with Gasteiger partial charge < -0.3 is 0 Å². The highest BCUT2D eigenvalue weighted by Crippen LogP contribution is 2.39. The molecule has 0 spiro atoms. The summed E-state index contributed by atoms with van der Waals surface area (Å²) in [6, 6.07) is 0. The van der Waals surface area contributed by atoms with Crippen LogP contribution in [0, 0.1) is 5.92 Å². The minimum Gasteiger partial charge on any atom is -0.0623 e. The Balaban J connectivity index is 2.54. The molecular formula is C6H9. The van der Waals surface area contributed by atoms with E-state index < -0.39 is 0 Å². The molecule has 1 aliphatic carbocycles. The topological polar surface area (TPSA) is 0 Å². The van der Waals surface area contributed by atoms with Gasteiger partial charge in [-0.1, -0.05) is 18.1 Å². The van der Waals surface area contributed by atoms with Crippen LogP contribution in [0.3, 0.4) is 0 Å². The predicted molar refractivity (Wildman–Crippen MR) is 27.3 cm³/mol. The van der Waals surface area contributed by atoms with Crippen molar-refractivity contribution < 1.29 is 0 Å². The molecule has 0 unspecified atom stereocenters. The third kappa shape index (κ3) is 0.296. The zero-order valence-corrected chi connectivity index (χ0v) is 4.50. The summed E-state index contributed by atoms with van der Waals surface area (Å²) in [5.74, 6) is 1.51. The van der Waals surface area contributed by atoms with Gasteiger partial charge in [-0.25, -0.2) is 0 Å². The standard InChI is InChI=1S/C6H9/c1-4-5(2)6(4)3/h1-3H3. The molecule has 0 bridgehead atoms. The Labute approximate surface area is 38.9 Å². The molecule has 0 nitrogen and oxygen atoms in total. The van der Waals surface area contributed by atoms with Crippen molar-refractivity contribution in [3.8, 4) is 0 Å². The highest BCUT2D eigenvalue weighted by atomic mass is 14.3. The average Bonchev–Trinajstić information content (AvgIpc) is 1.94. The SMILES string of the molecule is C[C]1C(C)=C1C. The summed E-state index contributed by atoms with van der Waals surface area (Å²) >= 11 is 0. The minimum atomic E-state index is 1.51. The summed E-state index contributed by atoms with van der Waals surface area (Å²) in [6.07, 6.45) is 0. The van der Waals surface area contributed by atoms with Gasteiger partial charge in [-0.05, 0) is 13.8 Å². The van der Waals surface area contributed by atoms with E-state index in [1.165, 1.54) is 17.1 Å². The van der Waals surface area contributed by atoms with Crippen molar-refractivity contribution in [3.63, 3.8) is 0 Å². The number of hydrogen-bond donors (Lipinski definition) is 0. The molecular weight excluding hydrogens is 72.1 g/mol. The Hall–Kier alpha value is -0.260. The van der Waals surface area contributed by atoms with Gasteiger partial charge in [-0.2, -0.15) is 0 Å². The quantitative estimate of drug-likeness (QED) is 0.418. The van der Waals surface area contributed by atoms with E-state index in [9.17, 15) is 0 Å². The zero-order chi connectivity index (χ0) is 4.73. The highest BCUT2D eigenvalue weighted by molar-refractivity contribution is 5.56. The predicted octanol–water partition coefficient (Wildman–Crippen LogP) is 1.93. The lowest BCUT2D eigenvalue weighted by molar-refractivity contribution is 1.36. The molecule has 0 aromatic rings. The van der Waals surface area contributed by atoms with E-state index in [2.05, 4.69) is 20.8 Å². The Morgan fingerprint density at radius 2 is 1.00 bits per heavy atom. The molecule has 0 N–H and O–H groups in total. The van der Waals surface area contributed by atoms with Crippen LogP contribution in [0.1, 0.15) is 20.8 Å². The molecule has 0 atom stereocenters. The molecule has 0 aliphatic heterocycles. The van der Waals surface area contributed by atoms with Crippen LogP contribution in [0.25, 0.3) is 0 Å². The Morgan fingerprint density at radius 1 is 0.833 bits per heavy atom. The summed E-state index contributed by atoms with van der Waals surface area (Å²) < 4.78 is 0. The van der Waals surface area contributed by atoms with Crippen molar-refractivity contribution in [2.45, 2.75) is 20.8 Å². The van der Waals surface area contributed by atoms with Crippen molar-refractivity contribution in [2.75, 3.05) is 0 Å². The molecule has 0 heteroatoms. The minimum absolute atomic E-state index is 1.51. The summed E-state index contributed by atoms with van der Waals surface area (Å²) in [5.41, 5.74) is 3.02. The lowest BCUT2D eigenvalue weighted by atomic mass is 10.3. The summed E-state index contributed by atoms with van der Waals surface area (Å²) in [6.45, 7) is 6.47. The molecule has 1 radical (unpaired) electrons. The van der Waals surface area contributed by atoms with Crippen molar-refractivity contribution in [1.82, 2.24) is 0 Å². The van der Waals surface area contributed by atoms with Gasteiger partial charge in [0.15, 0.2) is 0 Å². The van der Waals surface area contributed by atoms with Crippen LogP contribution >= 0.6 is 0 Å². The highest BCUT2D eigenvalue weighted by Gasteiger charge is 2.22. The summed E-state index contributed by atoms with van der Waals surface area (Å²) in [7, 11) is 0. The smallest absolute Gasteiger partial charge is 0.0220 e. The van der Waals surface area contributed by atoms with Gasteiger partial charge in [0.1, 0.15) is 0 Å². The maximum atomic E-state index is 2.16. The fraction of sp³-hybridized carbons (Fsp3) is 0.500. The van der Waals surface area contributed by atoms with Crippen LogP contribution in [0.4, 0.5) is 0 Å². The maximum Gasteiger partial charge on any atom is 0.0220 e. The first-order valence-corrected chi connectivity index (χ1v) is 2.25. The third-order valence-corrected chi connectivity index (χ3v) is 1.62. The van der Waals surface area contributed by atoms with Crippen LogP contribution in [0.5, 0.6) is 0 Å². The average molecular weight is 81.1 g/mol. The lowest BCUT2D eigenvalue weighted by Gasteiger charge is -1.71. The fourth-order valence-electron chi connectivity index (χ4n) is 0.562. The molecule has 1 aliphatic rings. The molecule has 1 rings (SSSR count). The van der Waals surface area contributed by atoms with Gasteiger partial charge in [0.05, 0.1) is 0 Å². The van der Waals surface area contributed by atoms with E-state index in [0.29, 0.717) is 0 Å². The van der Waals surface area contributed by atoms with E-state index in [1.54, 1.807) is 0 Å². The first-order chi connectivity index (χ1) is 2.73. The molecule has 33 valence electrons. The number of hydrogen-bond acceptors (Lipinski definition) is 0. The van der Waals surface area contributed by atoms with E-state index in [0.717, 1.165) is 0 Å². The van der Waals surface area contributed by atoms with E-state index >= 15 is 0 Å². The molecule has 0 fully saturated rings. The fourth-order valence-corrected chi connectivity index (χ4v) is 0.562. The molecule has 0 amide bonds. The molecule has 0 saturated carbocycles. The summed E-state index contributed by atoms with van der Waals surface area (Å²) in [5, 5.41) is 0. The molecule has 0 heterocycles. The van der Waals surface area contributed by atoms with Gasteiger partial charge in [0.25, 0.3) is 0 Å². The molecule has 6 heavy (non-hydrogen) atoms. The number of rotatable bonds is 0. The second-order valence-electron chi connectivity index (χ2n) is 1.88. The van der Waals surface area contributed by atoms with Crippen molar-refractivity contribution in [1.29, 1.82) is 0 Å². The van der Waals surface area contributed by atoms with Crippen molar-refractivity contribution in [2.24, 2.45) is 0 Å². The van der Waals surface area contributed by atoms with E-state index in [-0.39, 0.29) is 0 Å². The van der Waals surface area contributed by atoms with E-state index in [1.807, 2.05) is 0 Å². The van der Waals surface area contributed by atoms with Gasteiger partial charge in [0.2, 0.25) is 0 Å². The molecule has 0 aromatic heterocycles. The van der Waals surface area contributed by atoms with Crippen molar-refractivity contribution >= 4 is 0 Å². The monoisotopic (exact) mass is 81.1 g/mol. The van der Waals surface area contributed by atoms with Crippen LogP contribution in [0.15, 0.2) is 11.1 Å². The first kappa shape index (κ1) is 3.91. The maximum absolute atomic E-state index is 2.16. The van der Waals surface area contributed by atoms with Crippen LogP contribution in [-0.4, -0.2) is 0 Å². The Kier molecular flexibility index (Phi) is 0.566. The zero-order valence-electron chi connectivity index (χ0n) is 4.50. The lowest BCUT2D eigenvalue weighted by Crippen LogP contribution is -1.58. The second-order valence-corrected chi connectivity index (χ2v) is 1.88. The normalized spacial score (nSPS) is 22.5. The van der Waals surface area contributed by atoms with Crippen LogP contribution < -0.4 is 0 Å².